The van der Waals surface area contributed by atoms with Gasteiger partial charge in [-0.3, -0.25) is 0 Å². The molecule has 0 aliphatic heterocycles. The highest BCUT2D eigenvalue weighted by Gasteiger charge is 2.35. The lowest BCUT2D eigenvalue weighted by molar-refractivity contribution is -0.652. The molecule has 0 N–H and O–H groups in total. The second kappa shape index (κ2) is 12.5. The molecule has 0 atom stereocenters. The third kappa shape index (κ3) is 5.33. The standard InChI is InChI=1S/C38H34N4P2/c1-39-27-29-41(37(39)43(31-17-7-3-8-18-31)32-19-9-4-10-20-32)35-25-15-16-26-36(35)42-30-28-40(2)38(42)44(33-21-11-5-12-22-33)34-23-13-6-14-24-34/h3-30H,1-2H3/q+2. The molecule has 0 radical (unpaired) electrons. The first-order chi connectivity index (χ1) is 21.7. The molecule has 6 heteroatoms. The topological polar surface area (TPSA) is 17.6 Å². The van der Waals surface area contributed by atoms with Crippen LogP contribution in [0.3, 0.4) is 0 Å². The number of hydrogen-bond acceptors (Lipinski definition) is 0. The maximum Gasteiger partial charge on any atom is 0.290 e. The number of aryl methyl sites for hydroxylation is 2. The molecule has 214 valence electrons. The van der Waals surface area contributed by atoms with Gasteiger partial charge in [-0.2, -0.15) is 9.13 Å². The molecular formula is C38H34N4P2+2. The Kier molecular flexibility index (Phi) is 8.03. The number of nitrogens with zero attached hydrogens (tertiary/aromatic N) is 4. The van der Waals surface area contributed by atoms with Gasteiger partial charge in [-0.1, -0.05) is 133 Å². The molecule has 4 nitrogen and oxygen atoms in total. The van der Waals surface area contributed by atoms with Crippen LogP contribution in [0.4, 0.5) is 0 Å². The summed E-state index contributed by atoms with van der Waals surface area (Å²) in [6.45, 7) is 0. The Balaban J connectivity index is 1.44. The molecule has 0 unspecified atom stereocenters. The van der Waals surface area contributed by atoms with Gasteiger partial charge in [0.25, 0.3) is 11.1 Å². The van der Waals surface area contributed by atoms with Gasteiger partial charge in [-0.15, -0.1) is 0 Å². The smallest absolute Gasteiger partial charge is 0.232 e. The van der Waals surface area contributed by atoms with Gasteiger partial charge in [-0.05, 0) is 33.4 Å². The minimum absolute atomic E-state index is 0.827. The first kappa shape index (κ1) is 28.2. The van der Waals surface area contributed by atoms with E-state index < -0.39 is 15.8 Å². The summed E-state index contributed by atoms with van der Waals surface area (Å²) in [6, 6.07) is 52.5. The third-order valence-electron chi connectivity index (χ3n) is 7.80. The van der Waals surface area contributed by atoms with Crippen LogP contribution in [0.1, 0.15) is 0 Å². The highest BCUT2D eigenvalue weighted by atomic mass is 31.1. The molecule has 0 spiro atoms. The average molecular weight is 609 g/mol. The predicted molar refractivity (Wildman–Crippen MR) is 185 cm³/mol. The zero-order valence-corrected chi connectivity index (χ0v) is 26.6. The molecule has 7 aromatic rings. The number of aromatic nitrogens is 4. The van der Waals surface area contributed by atoms with Gasteiger partial charge in [-0.25, -0.2) is 9.13 Å². The van der Waals surface area contributed by atoms with Crippen LogP contribution in [0, 0.1) is 0 Å². The van der Waals surface area contributed by atoms with Crippen LogP contribution in [0.25, 0.3) is 11.4 Å². The van der Waals surface area contributed by atoms with Crippen LogP contribution < -0.4 is 41.5 Å². The van der Waals surface area contributed by atoms with E-state index in [4.69, 9.17) is 0 Å². The van der Waals surface area contributed by atoms with Crippen molar-refractivity contribution in [2.45, 2.75) is 0 Å². The van der Waals surface area contributed by atoms with Crippen molar-refractivity contribution in [1.29, 1.82) is 0 Å². The average Bonchev–Trinajstić information content (AvgIpc) is 3.65. The lowest BCUT2D eigenvalue weighted by Crippen LogP contribution is -2.48. The fraction of sp³-hybridized carbons (Fsp3) is 0.0526. The second-order valence-corrected chi connectivity index (χ2v) is 14.9. The van der Waals surface area contributed by atoms with Crippen molar-refractivity contribution in [1.82, 2.24) is 9.13 Å². The van der Waals surface area contributed by atoms with E-state index in [1.54, 1.807) is 0 Å². The summed E-state index contributed by atoms with van der Waals surface area (Å²) in [6.07, 6.45) is 8.81. The fourth-order valence-corrected chi connectivity index (χ4v) is 10.7. The molecule has 0 amide bonds. The van der Waals surface area contributed by atoms with Crippen molar-refractivity contribution in [3.63, 3.8) is 0 Å². The normalized spacial score (nSPS) is 11.4. The lowest BCUT2D eigenvalue weighted by atomic mass is 10.2. The van der Waals surface area contributed by atoms with Crippen LogP contribution in [-0.4, -0.2) is 9.13 Å². The van der Waals surface area contributed by atoms with Crippen LogP contribution in [0.15, 0.2) is 170 Å². The number of rotatable bonds is 8. The summed E-state index contributed by atoms with van der Waals surface area (Å²) in [4.78, 5) is 0. The van der Waals surface area contributed by atoms with Crippen molar-refractivity contribution < 1.29 is 9.13 Å². The number of benzene rings is 5. The molecule has 0 saturated carbocycles. The molecular weight excluding hydrogens is 574 g/mol. The number of hydrogen-bond donors (Lipinski definition) is 0. The lowest BCUT2D eigenvalue weighted by Gasteiger charge is -2.18. The van der Waals surface area contributed by atoms with Gasteiger partial charge >= 0.3 is 0 Å². The molecule has 2 aromatic heterocycles. The van der Waals surface area contributed by atoms with E-state index in [1.807, 2.05) is 0 Å². The Morgan fingerprint density at radius 3 is 0.955 bits per heavy atom. The maximum atomic E-state index is 2.40. The van der Waals surface area contributed by atoms with Gasteiger partial charge in [0.15, 0.2) is 11.4 Å². The Labute approximate surface area is 261 Å². The Bertz CT molecular complexity index is 1760. The minimum atomic E-state index is -0.827. The SMILES string of the molecule is C[n+]1ccn(-c2ccccc2-n2cc[n+](C)c2P(c2ccccc2)c2ccccc2)c1P(c1ccccc1)c1ccccc1. The minimum Gasteiger partial charge on any atom is -0.232 e. The molecule has 44 heavy (non-hydrogen) atoms. The summed E-state index contributed by atoms with van der Waals surface area (Å²) in [7, 11) is 2.68. The summed E-state index contributed by atoms with van der Waals surface area (Å²) < 4.78 is 9.38. The molecule has 5 aromatic carbocycles. The molecule has 0 bridgehead atoms. The van der Waals surface area contributed by atoms with Gasteiger partial charge in [0.2, 0.25) is 0 Å². The van der Waals surface area contributed by atoms with Crippen LogP contribution in [0.2, 0.25) is 0 Å². The van der Waals surface area contributed by atoms with Crippen molar-refractivity contribution in [2.24, 2.45) is 14.1 Å². The van der Waals surface area contributed by atoms with E-state index in [-0.39, 0.29) is 0 Å². The van der Waals surface area contributed by atoms with Crippen molar-refractivity contribution >= 4 is 48.2 Å². The first-order valence-corrected chi connectivity index (χ1v) is 17.4. The van der Waals surface area contributed by atoms with Crippen molar-refractivity contribution in [3.8, 4) is 11.4 Å². The number of para-hydroxylation sites is 2. The van der Waals surface area contributed by atoms with E-state index in [2.05, 4.69) is 203 Å². The highest BCUT2D eigenvalue weighted by Crippen LogP contribution is 2.35. The van der Waals surface area contributed by atoms with Crippen LogP contribution in [0.5, 0.6) is 0 Å². The van der Waals surface area contributed by atoms with Gasteiger partial charge < -0.3 is 0 Å². The molecule has 2 heterocycles. The van der Waals surface area contributed by atoms with Crippen molar-refractivity contribution in [2.75, 3.05) is 0 Å². The molecule has 0 saturated heterocycles. The second-order valence-electron chi connectivity index (χ2n) is 10.7. The van der Waals surface area contributed by atoms with E-state index in [0.717, 1.165) is 11.4 Å². The monoisotopic (exact) mass is 608 g/mol. The molecule has 0 fully saturated rings. The highest BCUT2D eigenvalue weighted by molar-refractivity contribution is 7.79. The third-order valence-corrected chi connectivity index (χ3v) is 12.9. The summed E-state index contributed by atoms with van der Waals surface area (Å²) in [5, 5.41) is 5.30. The van der Waals surface area contributed by atoms with Crippen LogP contribution in [-0.2, 0) is 14.1 Å². The van der Waals surface area contributed by atoms with E-state index >= 15 is 0 Å². The van der Waals surface area contributed by atoms with Gasteiger partial charge in [0.05, 0.1) is 29.9 Å². The largest absolute Gasteiger partial charge is 0.290 e. The Morgan fingerprint density at radius 2 is 0.659 bits per heavy atom. The molecule has 0 aliphatic carbocycles. The Hall–Kier alpha value is -4.62. The summed E-state index contributed by atoms with van der Waals surface area (Å²) >= 11 is 0. The molecule has 0 aliphatic rings. The summed E-state index contributed by atoms with van der Waals surface area (Å²) in [5.74, 6) is 0. The van der Waals surface area contributed by atoms with E-state index in [0.29, 0.717) is 0 Å². The Morgan fingerprint density at radius 1 is 0.386 bits per heavy atom. The van der Waals surface area contributed by atoms with Crippen molar-refractivity contribution in [3.05, 3.63) is 170 Å². The predicted octanol–water partition coefficient (Wildman–Crippen LogP) is 4.43. The maximum absolute atomic E-state index is 2.40. The van der Waals surface area contributed by atoms with Crippen LogP contribution >= 0.6 is 15.8 Å². The van der Waals surface area contributed by atoms with Gasteiger partial charge in [0, 0.05) is 0 Å². The first-order valence-electron chi connectivity index (χ1n) is 14.7. The van der Waals surface area contributed by atoms with E-state index in [1.165, 1.54) is 32.3 Å². The zero-order chi connectivity index (χ0) is 29.9. The fourth-order valence-electron chi connectivity index (χ4n) is 5.79. The van der Waals surface area contributed by atoms with E-state index in [9.17, 15) is 0 Å². The molecule has 7 rings (SSSR count). The summed E-state index contributed by atoms with van der Waals surface area (Å²) in [5.41, 5.74) is 4.82. The quantitative estimate of drug-likeness (QED) is 0.180. The number of imidazole rings is 2. The van der Waals surface area contributed by atoms with Gasteiger partial charge in [0.1, 0.15) is 24.8 Å². The zero-order valence-electron chi connectivity index (χ0n) is 24.8.